The second-order valence-electron chi connectivity index (χ2n) is 2.76. The SMILES string of the molecule is CCC1OC=CC(C)C1O. The van der Waals surface area contributed by atoms with Crippen LogP contribution in [0, 0.1) is 5.92 Å². The summed E-state index contributed by atoms with van der Waals surface area (Å²) >= 11 is 0. The maximum atomic E-state index is 9.46. The van der Waals surface area contributed by atoms with Crippen LogP contribution >= 0.6 is 0 Å². The first-order valence-electron chi connectivity index (χ1n) is 3.76. The highest BCUT2D eigenvalue weighted by atomic mass is 16.5. The lowest BCUT2D eigenvalue weighted by molar-refractivity contribution is -0.0264. The molecule has 0 fully saturated rings. The van der Waals surface area contributed by atoms with E-state index in [1.165, 1.54) is 0 Å². The van der Waals surface area contributed by atoms with Crippen molar-refractivity contribution in [3.8, 4) is 0 Å². The van der Waals surface area contributed by atoms with Crippen molar-refractivity contribution < 1.29 is 9.84 Å². The van der Waals surface area contributed by atoms with Crippen molar-refractivity contribution >= 4 is 0 Å². The summed E-state index contributed by atoms with van der Waals surface area (Å²) < 4.78 is 5.18. The Bertz CT molecular complexity index is 131. The van der Waals surface area contributed by atoms with Crippen LogP contribution in [0.1, 0.15) is 20.3 Å². The average molecular weight is 142 g/mol. The first kappa shape index (κ1) is 7.61. The molecule has 1 N–H and O–H groups in total. The fourth-order valence-electron chi connectivity index (χ4n) is 1.14. The fourth-order valence-corrected chi connectivity index (χ4v) is 1.14. The molecular weight excluding hydrogens is 128 g/mol. The van der Waals surface area contributed by atoms with E-state index in [0.717, 1.165) is 6.42 Å². The molecule has 0 saturated carbocycles. The molecule has 0 aromatic rings. The van der Waals surface area contributed by atoms with Crippen molar-refractivity contribution in [1.29, 1.82) is 0 Å². The Morgan fingerprint density at radius 2 is 2.30 bits per heavy atom. The summed E-state index contributed by atoms with van der Waals surface area (Å²) in [6.45, 7) is 4.01. The molecule has 1 aliphatic rings. The molecule has 0 saturated heterocycles. The summed E-state index contributed by atoms with van der Waals surface area (Å²) in [6.07, 6.45) is 4.12. The molecule has 1 aliphatic heterocycles. The van der Waals surface area contributed by atoms with E-state index in [0.29, 0.717) is 0 Å². The lowest BCUT2D eigenvalue weighted by Gasteiger charge is -2.28. The maximum absolute atomic E-state index is 9.46. The van der Waals surface area contributed by atoms with E-state index >= 15 is 0 Å². The van der Waals surface area contributed by atoms with Gasteiger partial charge in [0.05, 0.1) is 12.4 Å². The molecule has 0 amide bonds. The third kappa shape index (κ3) is 1.32. The minimum atomic E-state index is -0.324. The Labute approximate surface area is 61.5 Å². The van der Waals surface area contributed by atoms with E-state index in [4.69, 9.17) is 4.74 Å². The molecule has 3 unspecified atom stereocenters. The molecule has 0 aliphatic carbocycles. The minimum Gasteiger partial charge on any atom is -0.496 e. The Balaban J connectivity index is 2.56. The van der Waals surface area contributed by atoms with E-state index in [1.54, 1.807) is 6.26 Å². The summed E-state index contributed by atoms with van der Waals surface area (Å²) in [5, 5.41) is 9.46. The Morgan fingerprint density at radius 3 is 2.80 bits per heavy atom. The molecule has 0 aromatic heterocycles. The lowest BCUT2D eigenvalue weighted by Crippen LogP contribution is -2.34. The first-order chi connectivity index (χ1) is 4.75. The van der Waals surface area contributed by atoms with Gasteiger partial charge in [-0.3, -0.25) is 0 Å². The van der Waals surface area contributed by atoms with E-state index < -0.39 is 0 Å². The van der Waals surface area contributed by atoms with Gasteiger partial charge in [-0.2, -0.15) is 0 Å². The third-order valence-corrected chi connectivity index (χ3v) is 1.96. The molecular formula is C8H14O2. The van der Waals surface area contributed by atoms with Crippen LogP contribution in [-0.4, -0.2) is 17.3 Å². The van der Waals surface area contributed by atoms with E-state index in [1.807, 2.05) is 19.9 Å². The van der Waals surface area contributed by atoms with Gasteiger partial charge in [-0.05, 0) is 12.5 Å². The van der Waals surface area contributed by atoms with Gasteiger partial charge in [0.2, 0.25) is 0 Å². The summed E-state index contributed by atoms with van der Waals surface area (Å²) in [5.41, 5.74) is 0. The highest BCUT2D eigenvalue weighted by molar-refractivity contribution is 4.93. The van der Waals surface area contributed by atoms with E-state index in [9.17, 15) is 5.11 Å². The van der Waals surface area contributed by atoms with E-state index in [-0.39, 0.29) is 18.1 Å². The normalized spacial score (nSPS) is 39.3. The van der Waals surface area contributed by atoms with Crippen molar-refractivity contribution in [3.05, 3.63) is 12.3 Å². The number of rotatable bonds is 1. The van der Waals surface area contributed by atoms with Crippen molar-refractivity contribution in [2.75, 3.05) is 0 Å². The Hall–Kier alpha value is -0.500. The zero-order valence-corrected chi connectivity index (χ0v) is 6.45. The van der Waals surface area contributed by atoms with Crippen LogP contribution in [0.15, 0.2) is 12.3 Å². The van der Waals surface area contributed by atoms with Crippen LogP contribution in [-0.2, 0) is 4.74 Å². The van der Waals surface area contributed by atoms with Gasteiger partial charge < -0.3 is 9.84 Å². The number of hydrogen-bond acceptors (Lipinski definition) is 2. The molecule has 58 valence electrons. The molecule has 2 heteroatoms. The molecule has 0 aromatic carbocycles. The number of aliphatic hydroxyl groups is 1. The fraction of sp³-hybridized carbons (Fsp3) is 0.750. The van der Waals surface area contributed by atoms with Crippen LogP contribution in [0.3, 0.4) is 0 Å². The average Bonchev–Trinajstić information content (AvgIpc) is 1.95. The predicted molar refractivity (Wildman–Crippen MR) is 39.5 cm³/mol. The van der Waals surface area contributed by atoms with Gasteiger partial charge in [0.15, 0.2) is 0 Å². The predicted octanol–water partition coefficient (Wildman–Crippen LogP) is 1.31. The molecule has 0 bridgehead atoms. The second kappa shape index (κ2) is 3.06. The summed E-state index contributed by atoms with van der Waals surface area (Å²) in [7, 11) is 0. The highest BCUT2D eigenvalue weighted by Gasteiger charge is 2.25. The van der Waals surface area contributed by atoms with Crippen LogP contribution in [0.25, 0.3) is 0 Å². The van der Waals surface area contributed by atoms with Crippen LogP contribution < -0.4 is 0 Å². The maximum Gasteiger partial charge on any atom is 0.124 e. The van der Waals surface area contributed by atoms with Gasteiger partial charge in [-0.15, -0.1) is 0 Å². The van der Waals surface area contributed by atoms with Crippen molar-refractivity contribution in [1.82, 2.24) is 0 Å². The molecule has 0 spiro atoms. The standard InChI is InChI=1S/C8H14O2/c1-3-7-8(9)6(2)4-5-10-7/h4-9H,3H2,1-2H3. The van der Waals surface area contributed by atoms with Crippen molar-refractivity contribution in [2.45, 2.75) is 32.5 Å². The van der Waals surface area contributed by atoms with Gasteiger partial charge in [0, 0.05) is 5.92 Å². The van der Waals surface area contributed by atoms with Crippen LogP contribution in [0.5, 0.6) is 0 Å². The van der Waals surface area contributed by atoms with Crippen molar-refractivity contribution in [2.24, 2.45) is 5.92 Å². The molecule has 3 atom stereocenters. The van der Waals surface area contributed by atoms with Gasteiger partial charge in [-0.1, -0.05) is 13.8 Å². The third-order valence-electron chi connectivity index (χ3n) is 1.96. The van der Waals surface area contributed by atoms with Gasteiger partial charge >= 0.3 is 0 Å². The Morgan fingerprint density at radius 1 is 1.60 bits per heavy atom. The van der Waals surface area contributed by atoms with Crippen LogP contribution in [0.4, 0.5) is 0 Å². The lowest BCUT2D eigenvalue weighted by atomic mass is 9.97. The molecule has 2 nitrogen and oxygen atoms in total. The first-order valence-corrected chi connectivity index (χ1v) is 3.76. The quantitative estimate of drug-likeness (QED) is 0.598. The van der Waals surface area contributed by atoms with E-state index in [2.05, 4.69) is 0 Å². The monoisotopic (exact) mass is 142 g/mol. The van der Waals surface area contributed by atoms with Crippen molar-refractivity contribution in [3.63, 3.8) is 0 Å². The largest absolute Gasteiger partial charge is 0.496 e. The summed E-state index contributed by atoms with van der Waals surface area (Å²) in [5.74, 6) is 0.235. The second-order valence-corrected chi connectivity index (χ2v) is 2.76. The van der Waals surface area contributed by atoms with Gasteiger partial charge in [-0.25, -0.2) is 0 Å². The summed E-state index contributed by atoms with van der Waals surface area (Å²) in [6, 6.07) is 0. The minimum absolute atomic E-state index is 0.000000000000000222. The Kier molecular flexibility index (Phi) is 2.33. The highest BCUT2D eigenvalue weighted by Crippen LogP contribution is 2.19. The molecule has 1 heterocycles. The molecule has 10 heavy (non-hydrogen) atoms. The molecule has 0 radical (unpaired) electrons. The van der Waals surface area contributed by atoms with Crippen LogP contribution in [0.2, 0.25) is 0 Å². The van der Waals surface area contributed by atoms with Gasteiger partial charge in [0.1, 0.15) is 6.10 Å². The topological polar surface area (TPSA) is 29.5 Å². The molecule has 1 rings (SSSR count). The number of aliphatic hydroxyl groups excluding tert-OH is 1. The van der Waals surface area contributed by atoms with Gasteiger partial charge in [0.25, 0.3) is 0 Å². The number of ether oxygens (including phenoxy) is 1. The zero-order chi connectivity index (χ0) is 7.56. The number of hydrogen-bond donors (Lipinski definition) is 1. The summed E-state index contributed by atoms with van der Waals surface area (Å²) in [4.78, 5) is 0. The zero-order valence-electron chi connectivity index (χ0n) is 6.45. The smallest absolute Gasteiger partial charge is 0.124 e.